The van der Waals surface area contributed by atoms with Crippen molar-refractivity contribution in [2.45, 2.75) is 32.5 Å². The lowest BCUT2D eigenvalue weighted by atomic mass is 10.1. The van der Waals surface area contributed by atoms with E-state index in [1.54, 1.807) is 11.8 Å². The predicted octanol–water partition coefficient (Wildman–Crippen LogP) is 2.50. The Hall–Kier alpha value is -4.16. The van der Waals surface area contributed by atoms with E-state index in [0.717, 1.165) is 45.9 Å². The molecule has 2 amide bonds. The van der Waals surface area contributed by atoms with Crippen LogP contribution in [0.2, 0.25) is 0 Å². The largest absolute Gasteiger partial charge is 0.490 e. The number of carbonyl (C=O) groups is 3. The van der Waals surface area contributed by atoms with Crippen LogP contribution in [0.4, 0.5) is 19.0 Å². The molecule has 1 saturated heterocycles. The molecule has 0 saturated carbocycles. The highest BCUT2D eigenvalue weighted by molar-refractivity contribution is 5.99. The Morgan fingerprint density at radius 2 is 1.89 bits per heavy atom. The first-order chi connectivity index (χ1) is 16.9. The van der Waals surface area contributed by atoms with E-state index in [0.29, 0.717) is 25.2 Å². The predicted molar refractivity (Wildman–Crippen MR) is 123 cm³/mol. The molecule has 1 aromatic carbocycles. The fourth-order valence-corrected chi connectivity index (χ4v) is 3.98. The zero-order chi connectivity index (χ0) is 26.2. The number of benzene rings is 1. The SMILES string of the molecule is CC(=O)N1CC(Nc2nc3c(-c4cc5c([nH]4)CCNC5=O)cccc3nc2C)C1.O=C(O)C(F)(F)F. The molecule has 4 heterocycles. The van der Waals surface area contributed by atoms with E-state index in [4.69, 9.17) is 19.9 Å². The Morgan fingerprint density at radius 3 is 2.50 bits per heavy atom. The molecule has 0 radical (unpaired) electrons. The monoisotopic (exact) mass is 504 g/mol. The molecular formula is C23H23F3N6O4. The minimum atomic E-state index is -5.08. The third-order valence-electron chi connectivity index (χ3n) is 5.87. The number of carboxylic acids is 1. The molecule has 2 aliphatic heterocycles. The van der Waals surface area contributed by atoms with Crippen LogP contribution in [0.25, 0.3) is 22.3 Å². The van der Waals surface area contributed by atoms with Crippen LogP contribution in [0.15, 0.2) is 24.3 Å². The topological polar surface area (TPSA) is 140 Å². The summed E-state index contributed by atoms with van der Waals surface area (Å²) in [7, 11) is 0. The second-order valence-corrected chi connectivity index (χ2v) is 8.48. The Bertz CT molecular complexity index is 1350. The number of carboxylic acid groups (broad SMARTS) is 1. The van der Waals surface area contributed by atoms with Gasteiger partial charge in [0.1, 0.15) is 11.3 Å². The molecule has 0 unspecified atom stereocenters. The average Bonchev–Trinajstić information content (AvgIpc) is 3.20. The van der Waals surface area contributed by atoms with E-state index in [9.17, 15) is 22.8 Å². The number of hydrogen-bond acceptors (Lipinski definition) is 6. The van der Waals surface area contributed by atoms with Crippen LogP contribution in [0.3, 0.4) is 0 Å². The van der Waals surface area contributed by atoms with Gasteiger partial charge in [0.15, 0.2) is 0 Å². The zero-order valence-electron chi connectivity index (χ0n) is 19.4. The van der Waals surface area contributed by atoms with Gasteiger partial charge in [0.25, 0.3) is 5.91 Å². The van der Waals surface area contributed by atoms with Crippen molar-refractivity contribution in [3.8, 4) is 11.3 Å². The van der Waals surface area contributed by atoms with Crippen molar-refractivity contribution >= 4 is 34.6 Å². The standard InChI is InChI=1S/C21H22N6O2.C2HF3O2/c1-11-20(24-13-9-27(10-13)12(2)28)26-19-14(4-3-5-17(19)23-11)18-8-15-16(25-18)6-7-22-21(15)29;3-2(4,5)1(6)7/h3-5,8,13,25H,6-7,9-10H2,1-2H3,(H,22,29)(H,24,26);(H,6,7). The van der Waals surface area contributed by atoms with Gasteiger partial charge in [0.2, 0.25) is 5.91 Å². The van der Waals surface area contributed by atoms with E-state index < -0.39 is 12.1 Å². The van der Waals surface area contributed by atoms with Gasteiger partial charge >= 0.3 is 12.1 Å². The van der Waals surface area contributed by atoms with Crippen LogP contribution in [0, 0.1) is 6.92 Å². The number of carbonyl (C=O) groups excluding carboxylic acids is 2. The van der Waals surface area contributed by atoms with Crippen LogP contribution in [-0.4, -0.2) is 74.6 Å². The third kappa shape index (κ3) is 5.09. The number of halogens is 3. The molecule has 2 aliphatic rings. The number of rotatable bonds is 3. The number of nitrogens with zero attached hydrogens (tertiary/aromatic N) is 3. The molecule has 0 spiro atoms. The van der Waals surface area contributed by atoms with Crippen molar-refractivity contribution in [1.82, 2.24) is 25.2 Å². The number of anilines is 1. The number of aryl methyl sites for hydroxylation is 1. The number of aliphatic carboxylic acids is 1. The quantitative estimate of drug-likeness (QED) is 0.430. The Kier molecular flexibility index (Phi) is 6.57. The molecule has 10 nitrogen and oxygen atoms in total. The maximum absolute atomic E-state index is 12.1. The molecule has 0 aliphatic carbocycles. The summed E-state index contributed by atoms with van der Waals surface area (Å²) < 4.78 is 31.7. The van der Waals surface area contributed by atoms with Crippen molar-refractivity contribution in [3.05, 3.63) is 41.2 Å². The molecule has 2 aromatic heterocycles. The molecule has 3 aromatic rings. The fraction of sp³-hybridized carbons (Fsp3) is 0.348. The number of amides is 2. The molecule has 0 atom stereocenters. The normalized spacial score (nSPS) is 15.4. The van der Waals surface area contributed by atoms with Gasteiger partial charge in [-0.15, -0.1) is 0 Å². The fourth-order valence-electron chi connectivity index (χ4n) is 3.98. The molecule has 5 rings (SSSR count). The molecule has 4 N–H and O–H groups in total. The zero-order valence-corrected chi connectivity index (χ0v) is 19.4. The number of aromatic amines is 1. The van der Waals surface area contributed by atoms with E-state index >= 15 is 0 Å². The maximum Gasteiger partial charge on any atom is 0.490 e. The third-order valence-corrected chi connectivity index (χ3v) is 5.87. The Labute approximate surface area is 202 Å². The molecular weight excluding hydrogens is 481 g/mol. The van der Waals surface area contributed by atoms with Gasteiger partial charge in [-0.1, -0.05) is 12.1 Å². The van der Waals surface area contributed by atoms with Crippen molar-refractivity contribution < 1.29 is 32.7 Å². The molecule has 36 heavy (non-hydrogen) atoms. The molecule has 0 bridgehead atoms. The lowest BCUT2D eigenvalue weighted by molar-refractivity contribution is -0.192. The number of H-pyrrole nitrogens is 1. The van der Waals surface area contributed by atoms with Crippen LogP contribution >= 0.6 is 0 Å². The summed E-state index contributed by atoms with van der Waals surface area (Å²) >= 11 is 0. The number of nitrogens with one attached hydrogen (secondary N) is 3. The van der Waals surface area contributed by atoms with Crippen LogP contribution < -0.4 is 10.6 Å². The van der Waals surface area contributed by atoms with E-state index in [1.807, 2.05) is 31.2 Å². The second kappa shape index (κ2) is 9.47. The summed E-state index contributed by atoms with van der Waals surface area (Å²) in [4.78, 5) is 47.2. The minimum absolute atomic E-state index is 0.0433. The molecule has 13 heteroatoms. The van der Waals surface area contributed by atoms with Crippen molar-refractivity contribution in [3.63, 3.8) is 0 Å². The van der Waals surface area contributed by atoms with Gasteiger partial charge in [0.05, 0.1) is 22.8 Å². The van der Waals surface area contributed by atoms with Gasteiger partial charge in [-0.25, -0.2) is 14.8 Å². The molecule has 1 fully saturated rings. The summed E-state index contributed by atoms with van der Waals surface area (Å²) in [5.74, 6) is -1.98. The lowest BCUT2D eigenvalue weighted by Gasteiger charge is -2.39. The number of alkyl halides is 3. The number of para-hydroxylation sites is 1. The summed E-state index contributed by atoms with van der Waals surface area (Å²) in [6, 6.07) is 7.96. The maximum atomic E-state index is 12.1. The van der Waals surface area contributed by atoms with Crippen LogP contribution in [0.5, 0.6) is 0 Å². The van der Waals surface area contributed by atoms with Crippen LogP contribution in [-0.2, 0) is 16.0 Å². The van der Waals surface area contributed by atoms with E-state index in [2.05, 4.69) is 15.6 Å². The van der Waals surface area contributed by atoms with Gasteiger partial charge in [-0.05, 0) is 19.1 Å². The highest BCUT2D eigenvalue weighted by Crippen LogP contribution is 2.30. The summed E-state index contributed by atoms with van der Waals surface area (Å²) in [6.45, 7) is 5.51. The second-order valence-electron chi connectivity index (χ2n) is 8.48. The van der Waals surface area contributed by atoms with Gasteiger partial charge in [-0.3, -0.25) is 9.59 Å². The Morgan fingerprint density at radius 1 is 1.19 bits per heavy atom. The van der Waals surface area contributed by atoms with Crippen molar-refractivity contribution in [2.75, 3.05) is 25.0 Å². The smallest absolute Gasteiger partial charge is 0.475 e. The van der Waals surface area contributed by atoms with Gasteiger partial charge in [-0.2, -0.15) is 13.2 Å². The highest BCUT2D eigenvalue weighted by Gasteiger charge is 2.38. The highest BCUT2D eigenvalue weighted by atomic mass is 19.4. The number of fused-ring (bicyclic) bond motifs is 2. The number of aromatic nitrogens is 3. The van der Waals surface area contributed by atoms with Gasteiger partial charge in [0, 0.05) is 49.9 Å². The summed E-state index contributed by atoms with van der Waals surface area (Å²) in [5, 5.41) is 13.4. The summed E-state index contributed by atoms with van der Waals surface area (Å²) in [6.07, 6.45) is -4.29. The van der Waals surface area contributed by atoms with E-state index in [-0.39, 0.29) is 17.9 Å². The lowest BCUT2D eigenvalue weighted by Crippen LogP contribution is -2.56. The summed E-state index contributed by atoms with van der Waals surface area (Å²) in [5.41, 5.74) is 5.84. The Balaban J connectivity index is 0.000000384. The molecule has 190 valence electrons. The first-order valence-corrected chi connectivity index (χ1v) is 11.0. The first kappa shape index (κ1) is 24.9. The number of hydrogen-bond donors (Lipinski definition) is 4. The van der Waals surface area contributed by atoms with Crippen molar-refractivity contribution in [2.24, 2.45) is 0 Å². The van der Waals surface area contributed by atoms with Gasteiger partial charge < -0.3 is 25.6 Å². The number of likely N-dealkylation sites (tertiary alicyclic amines) is 1. The minimum Gasteiger partial charge on any atom is -0.475 e. The van der Waals surface area contributed by atoms with E-state index in [1.165, 1.54) is 0 Å². The van der Waals surface area contributed by atoms with Crippen LogP contribution in [0.1, 0.15) is 28.7 Å². The first-order valence-electron chi connectivity index (χ1n) is 11.0. The average molecular weight is 504 g/mol. The van der Waals surface area contributed by atoms with Crippen molar-refractivity contribution in [1.29, 1.82) is 0 Å².